The molecule has 28 heavy (non-hydrogen) atoms. The number of hydrogen-bond donors (Lipinski definition) is 0. The van der Waals surface area contributed by atoms with Crippen LogP contribution in [-0.2, 0) is 11.2 Å². The van der Waals surface area contributed by atoms with Gasteiger partial charge in [-0.1, -0.05) is 41.9 Å². The molecule has 0 N–H and O–H groups in total. The topological polar surface area (TPSA) is 24.9 Å². The summed E-state index contributed by atoms with van der Waals surface area (Å²) in [6.07, 6.45) is 0.807. The first kappa shape index (κ1) is 23.0. The number of nitrogens with zero attached hydrogens (tertiary/aromatic N) is 2. The van der Waals surface area contributed by atoms with Crippen LogP contribution in [-0.4, -0.2) is 69.4 Å². The first-order chi connectivity index (χ1) is 13.2. The predicted molar refractivity (Wildman–Crippen MR) is 118 cm³/mol. The Morgan fingerprint density at radius 3 is 2.43 bits per heavy atom. The molecular weight excluding hydrogens is 395 g/mol. The minimum atomic E-state index is 0. The van der Waals surface area contributed by atoms with Gasteiger partial charge in [-0.3, -0.25) is 4.90 Å². The Morgan fingerprint density at radius 2 is 1.68 bits per heavy atom. The Morgan fingerprint density at radius 1 is 0.929 bits per heavy atom. The van der Waals surface area contributed by atoms with Crippen molar-refractivity contribution in [1.82, 2.24) is 9.80 Å². The molecule has 1 aliphatic heterocycles. The average Bonchev–Trinajstić information content (AvgIpc) is 2.68. The molecule has 0 aromatic heterocycles. The smallest absolute Gasteiger partial charge is 0.123 e. The summed E-state index contributed by atoms with van der Waals surface area (Å²) in [5.74, 6) is 0.880. The van der Waals surface area contributed by atoms with Gasteiger partial charge < -0.3 is 14.4 Å². The number of halogens is 2. The fourth-order valence-electron chi connectivity index (χ4n) is 3.22. The van der Waals surface area contributed by atoms with Crippen molar-refractivity contribution < 1.29 is 9.47 Å². The number of hydrogen-bond acceptors (Lipinski definition) is 4. The molecule has 0 spiro atoms. The van der Waals surface area contributed by atoms with Gasteiger partial charge in [0, 0.05) is 44.2 Å². The lowest BCUT2D eigenvalue weighted by molar-refractivity contribution is 0.0656. The van der Waals surface area contributed by atoms with Gasteiger partial charge in [0.05, 0.1) is 13.2 Å². The number of likely N-dealkylation sites (N-methyl/N-ethyl adjacent to an activating group) is 1. The van der Waals surface area contributed by atoms with Crippen molar-refractivity contribution in [2.24, 2.45) is 0 Å². The van der Waals surface area contributed by atoms with Crippen molar-refractivity contribution in [2.75, 3.05) is 59.6 Å². The zero-order valence-corrected chi connectivity index (χ0v) is 18.1. The second-order valence-electron chi connectivity index (χ2n) is 7.02. The van der Waals surface area contributed by atoms with Gasteiger partial charge in [0.1, 0.15) is 12.4 Å². The Balaban J connectivity index is 0.00000280. The van der Waals surface area contributed by atoms with Crippen LogP contribution in [0.4, 0.5) is 0 Å². The van der Waals surface area contributed by atoms with Gasteiger partial charge in [-0.2, -0.15) is 0 Å². The molecule has 2 aromatic carbocycles. The van der Waals surface area contributed by atoms with Gasteiger partial charge >= 0.3 is 0 Å². The van der Waals surface area contributed by atoms with Gasteiger partial charge in [0.15, 0.2) is 0 Å². The average molecular weight is 425 g/mol. The van der Waals surface area contributed by atoms with E-state index in [0.717, 1.165) is 62.1 Å². The molecule has 2 aromatic rings. The van der Waals surface area contributed by atoms with Crippen LogP contribution in [0.1, 0.15) is 11.1 Å². The van der Waals surface area contributed by atoms with Crippen molar-refractivity contribution in [3.8, 4) is 5.75 Å². The van der Waals surface area contributed by atoms with Crippen LogP contribution in [0.3, 0.4) is 0 Å². The summed E-state index contributed by atoms with van der Waals surface area (Å²) in [6.45, 7) is 7.44. The number of benzene rings is 2. The van der Waals surface area contributed by atoms with Gasteiger partial charge in [0.25, 0.3) is 0 Å². The highest BCUT2D eigenvalue weighted by Crippen LogP contribution is 2.25. The molecule has 1 aliphatic rings. The SMILES string of the molecule is CN1CCN(CCOCCOc2ccc(Cl)cc2Cc2ccccc2)CC1.Cl. The molecule has 1 saturated heterocycles. The molecule has 154 valence electrons. The van der Waals surface area contributed by atoms with Crippen molar-refractivity contribution in [3.05, 3.63) is 64.7 Å². The maximum absolute atomic E-state index is 6.18. The summed E-state index contributed by atoms with van der Waals surface area (Å²) in [6, 6.07) is 16.2. The Labute approximate surface area is 179 Å². The monoisotopic (exact) mass is 424 g/mol. The minimum absolute atomic E-state index is 0. The van der Waals surface area contributed by atoms with Crippen LogP contribution >= 0.6 is 24.0 Å². The van der Waals surface area contributed by atoms with E-state index in [9.17, 15) is 0 Å². The molecule has 0 radical (unpaired) electrons. The third-order valence-electron chi connectivity index (χ3n) is 4.89. The van der Waals surface area contributed by atoms with E-state index in [1.165, 1.54) is 5.56 Å². The summed E-state index contributed by atoms with van der Waals surface area (Å²) < 4.78 is 11.7. The molecule has 0 atom stereocenters. The lowest BCUT2D eigenvalue weighted by atomic mass is 10.0. The summed E-state index contributed by atoms with van der Waals surface area (Å²) in [4.78, 5) is 4.82. The minimum Gasteiger partial charge on any atom is -0.491 e. The van der Waals surface area contributed by atoms with Crippen molar-refractivity contribution in [1.29, 1.82) is 0 Å². The summed E-state index contributed by atoms with van der Waals surface area (Å²) in [7, 11) is 2.17. The summed E-state index contributed by atoms with van der Waals surface area (Å²) >= 11 is 6.18. The zero-order valence-electron chi connectivity index (χ0n) is 16.5. The maximum Gasteiger partial charge on any atom is 0.123 e. The molecule has 1 heterocycles. The first-order valence-corrected chi connectivity index (χ1v) is 10.0. The second kappa shape index (κ2) is 12.3. The van der Waals surface area contributed by atoms with Gasteiger partial charge in [-0.25, -0.2) is 0 Å². The fraction of sp³-hybridized carbons (Fsp3) is 0.455. The third-order valence-corrected chi connectivity index (χ3v) is 5.13. The number of rotatable bonds is 9. The van der Waals surface area contributed by atoms with Gasteiger partial charge in [0.2, 0.25) is 0 Å². The van der Waals surface area contributed by atoms with E-state index in [1.807, 2.05) is 24.3 Å². The normalized spacial score (nSPS) is 15.2. The molecule has 4 nitrogen and oxygen atoms in total. The van der Waals surface area contributed by atoms with Crippen LogP contribution in [0.15, 0.2) is 48.5 Å². The highest BCUT2D eigenvalue weighted by molar-refractivity contribution is 6.30. The van der Waals surface area contributed by atoms with Crippen molar-refractivity contribution >= 4 is 24.0 Å². The Kier molecular flexibility index (Phi) is 10.1. The molecule has 0 saturated carbocycles. The zero-order chi connectivity index (χ0) is 18.9. The van der Waals surface area contributed by atoms with Gasteiger partial charge in [-0.05, 0) is 36.4 Å². The quantitative estimate of drug-likeness (QED) is 0.568. The summed E-state index contributed by atoms with van der Waals surface area (Å²) in [5.41, 5.74) is 2.35. The van der Waals surface area contributed by atoms with Gasteiger partial charge in [-0.15, -0.1) is 12.4 Å². The highest BCUT2D eigenvalue weighted by atomic mass is 35.5. The largest absolute Gasteiger partial charge is 0.491 e. The maximum atomic E-state index is 6.18. The molecule has 1 fully saturated rings. The molecule has 3 rings (SSSR count). The van der Waals surface area contributed by atoms with E-state index >= 15 is 0 Å². The predicted octanol–water partition coefficient (Wildman–Crippen LogP) is 4.00. The van der Waals surface area contributed by atoms with Crippen LogP contribution in [0.25, 0.3) is 0 Å². The van der Waals surface area contributed by atoms with E-state index in [4.69, 9.17) is 21.1 Å². The molecule has 0 unspecified atom stereocenters. The van der Waals surface area contributed by atoms with Crippen LogP contribution in [0.2, 0.25) is 5.02 Å². The lowest BCUT2D eigenvalue weighted by Gasteiger charge is -2.32. The second-order valence-corrected chi connectivity index (χ2v) is 7.46. The Hall–Kier alpha value is -1.30. The molecule has 0 aliphatic carbocycles. The van der Waals surface area contributed by atoms with Crippen LogP contribution < -0.4 is 4.74 Å². The fourth-order valence-corrected chi connectivity index (χ4v) is 3.42. The highest BCUT2D eigenvalue weighted by Gasteiger charge is 2.13. The number of piperazine rings is 1. The third kappa shape index (κ3) is 7.61. The van der Waals surface area contributed by atoms with E-state index in [2.05, 4.69) is 41.1 Å². The van der Waals surface area contributed by atoms with Crippen LogP contribution in [0, 0.1) is 0 Å². The summed E-state index contributed by atoms with van der Waals surface area (Å²) in [5, 5.41) is 0.733. The standard InChI is InChI=1S/C22H29ClN2O2.ClH/c1-24-9-11-25(12-10-24)13-14-26-15-16-27-22-8-7-21(23)18-20(22)17-19-5-3-2-4-6-19;/h2-8,18H,9-17H2,1H3;1H. The van der Waals surface area contributed by atoms with E-state index in [1.54, 1.807) is 0 Å². The van der Waals surface area contributed by atoms with Crippen molar-refractivity contribution in [2.45, 2.75) is 6.42 Å². The number of ether oxygens (including phenoxy) is 2. The molecule has 6 heteroatoms. The first-order valence-electron chi connectivity index (χ1n) is 9.64. The van der Waals surface area contributed by atoms with Crippen molar-refractivity contribution in [3.63, 3.8) is 0 Å². The van der Waals surface area contributed by atoms with E-state index in [-0.39, 0.29) is 12.4 Å². The molecule has 0 amide bonds. The van der Waals surface area contributed by atoms with E-state index in [0.29, 0.717) is 13.2 Å². The molecular formula is C22H30Cl2N2O2. The Bertz CT molecular complexity index is 692. The molecule has 0 bridgehead atoms. The van der Waals surface area contributed by atoms with E-state index < -0.39 is 0 Å². The lowest BCUT2D eigenvalue weighted by Crippen LogP contribution is -2.45. The van der Waals surface area contributed by atoms with Crippen LogP contribution in [0.5, 0.6) is 5.75 Å².